The Hall–Kier alpha value is -1.94. The van der Waals surface area contributed by atoms with Crippen molar-refractivity contribution in [2.75, 3.05) is 39.6 Å². The molecule has 0 saturated carbocycles. The van der Waals surface area contributed by atoms with E-state index in [4.69, 9.17) is 37.0 Å². The van der Waals surface area contributed by atoms with Gasteiger partial charge in [0.15, 0.2) is 12.2 Å². The van der Waals surface area contributed by atoms with Crippen LogP contribution in [0.4, 0.5) is 0 Å². The Labute approximate surface area is 677 Å². The van der Waals surface area contributed by atoms with Crippen molar-refractivity contribution in [2.24, 2.45) is 5.92 Å². The molecular formula is C91H178O17P2. The Morgan fingerprint density at radius 3 is 0.618 bits per heavy atom. The predicted molar refractivity (Wildman–Crippen MR) is 455 cm³/mol. The average Bonchev–Trinajstić information content (AvgIpc) is 0.898. The average molecular weight is 1610 g/mol. The third kappa shape index (κ3) is 84.0. The van der Waals surface area contributed by atoms with Crippen molar-refractivity contribution in [2.45, 2.75) is 515 Å². The number of rotatable bonds is 91. The van der Waals surface area contributed by atoms with Crippen LogP contribution in [0.15, 0.2) is 0 Å². The van der Waals surface area contributed by atoms with Crippen molar-refractivity contribution in [3.63, 3.8) is 0 Å². The van der Waals surface area contributed by atoms with Gasteiger partial charge in [0.1, 0.15) is 19.3 Å². The van der Waals surface area contributed by atoms with E-state index in [9.17, 15) is 43.2 Å². The minimum Gasteiger partial charge on any atom is -0.462 e. The molecule has 0 saturated heterocycles. The molecule has 0 aromatic rings. The van der Waals surface area contributed by atoms with E-state index in [1.165, 1.54) is 321 Å². The second-order valence-corrected chi connectivity index (χ2v) is 36.1. The molecule has 0 aromatic carbocycles. The van der Waals surface area contributed by atoms with Crippen LogP contribution in [0, 0.1) is 5.92 Å². The Morgan fingerprint density at radius 2 is 0.418 bits per heavy atom. The molecular weight excluding hydrogens is 1430 g/mol. The number of phosphoric ester groups is 2. The fourth-order valence-electron chi connectivity index (χ4n) is 14.4. The van der Waals surface area contributed by atoms with Gasteiger partial charge >= 0.3 is 39.5 Å². The van der Waals surface area contributed by atoms with Crippen LogP contribution in [0.3, 0.4) is 0 Å². The molecule has 0 aliphatic rings. The van der Waals surface area contributed by atoms with Crippen LogP contribution in [-0.4, -0.2) is 96.7 Å². The number of aliphatic hydroxyl groups excluding tert-OH is 1. The van der Waals surface area contributed by atoms with Crippen LogP contribution in [-0.2, 0) is 65.4 Å². The van der Waals surface area contributed by atoms with Gasteiger partial charge in [-0.1, -0.05) is 446 Å². The highest BCUT2D eigenvalue weighted by atomic mass is 31.2. The number of ether oxygens (including phenoxy) is 4. The van der Waals surface area contributed by atoms with Crippen LogP contribution in [0.2, 0.25) is 0 Å². The zero-order valence-electron chi connectivity index (χ0n) is 72.4. The first-order chi connectivity index (χ1) is 53.5. The summed E-state index contributed by atoms with van der Waals surface area (Å²) in [5.41, 5.74) is 0. The maximum absolute atomic E-state index is 13.2. The van der Waals surface area contributed by atoms with Gasteiger partial charge in [-0.15, -0.1) is 0 Å². The molecule has 0 aliphatic heterocycles. The Balaban J connectivity index is 5.24. The van der Waals surface area contributed by atoms with Crippen LogP contribution < -0.4 is 0 Å². The molecule has 110 heavy (non-hydrogen) atoms. The lowest BCUT2D eigenvalue weighted by Gasteiger charge is -2.21. The molecule has 654 valence electrons. The topological polar surface area (TPSA) is 237 Å². The Kier molecular flexibility index (Phi) is 82.1. The highest BCUT2D eigenvalue weighted by Crippen LogP contribution is 2.45. The smallest absolute Gasteiger partial charge is 0.462 e. The first kappa shape index (κ1) is 108. The fourth-order valence-corrected chi connectivity index (χ4v) is 15.9. The molecule has 19 heteroatoms. The number of carbonyl (C=O) groups is 4. The fraction of sp³-hybridized carbons (Fsp3) is 0.956. The molecule has 0 radical (unpaired) electrons. The van der Waals surface area contributed by atoms with Crippen molar-refractivity contribution in [3.05, 3.63) is 0 Å². The lowest BCUT2D eigenvalue weighted by molar-refractivity contribution is -0.161. The summed E-state index contributed by atoms with van der Waals surface area (Å²) in [6.07, 6.45) is 79.3. The zero-order valence-corrected chi connectivity index (χ0v) is 74.2. The first-order valence-electron chi connectivity index (χ1n) is 47.1. The number of hydrogen-bond acceptors (Lipinski definition) is 15. The third-order valence-corrected chi connectivity index (χ3v) is 23.4. The SMILES string of the molecule is CCCCCCCCCCCCCCCCCCCCCCC(=O)O[C@H](COC(=O)CCCCCCCCCCCCCCCCCCCCC)COP(=O)(O)OC[C@@H](O)COP(=O)(O)OC[C@@H](COC(=O)CCCCCCCCCCCC(C)C)OC(=O)CCCCCCCCCCCCCCCCCCCCC. The number of phosphoric acid groups is 2. The van der Waals surface area contributed by atoms with Crippen LogP contribution in [0.5, 0.6) is 0 Å². The number of aliphatic hydroxyl groups is 1. The van der Waals surface area contributed by atoms with Crippen molar-refractivity contribution >= 4 is 39.5 Å². The Morgan fingerprint density at radius 1 is 0.245 bits per heavy atom. The Bertz CT molecular complexity index is 2080. The number of esters is 4. The van der Waals surface area contributed by atoms with Gasteiger partial charge in [0.25, 0.3) is 0 Å². The molecule has 17 nitrogen and oxygen atoms in total. The minimum absolute atomic E-state index is 0.109. The number of carbonyl (C=O) groups excluding carboxylic acids is 4. The highest BCUT2D eigenvalue weighted by Gasteiger charge is 2.31. The van der Waals surface area contributed by atoms with Gasteiger partial charge < -0.3 is 33.8 Å². The maximum atomic E-state index is 13.2. The second kappa shape index (κ2) is 83.5. The quantitative estimate of drug-likeness (QED) is 0.0222. The van der Waals surface area contributed by atoms with Gasteiger partial charge in [0, 0.05) is 25.7 Å². The van der Waals surface area contributed by atoms with Crippen molar-refractivity contribution in [1.29, 1.82) is 0 Å². The maximum Gasteiger partial charge on any atom is 0.472 e. The second-order valence-electron chi connectivity index (χ2n) is 33.2. The summed E-state index contributed by atoms with van der Waals surface area (Å²) < 4.78 is 69.1. The van der Waals surface area contributed by atoms with Crippen molar-refractivity contribution in [1.82, 2.24) is 0 Å². The molecule has 0 aliphatic carbocycles. The molecule has 0 fully saturated rings. The van der Waals surface area contributed by atoms with Gasteiger partial charge in [0.05, 0.1) is 26.4 Å². The standard InChI is InChI=1S/C91H178O17P2/c1-6-9-12-15-18-21-24-27-30-33-36-39-42-45-48-51-56-62-67-72-76-90(95)107-86(80-101-88(93)74-69-64-59-54-49-46-43-40-37-34-31-28-25-22-19-16-13-10-7-2)82-105-109(97,98)103-78-85(92)79-104-110(99,100)106-83-87(81-102-89(94)75-70-65-60-57-52-53-58-63-68-73-84(4)5)108-91(96)77-71-66-61-55-50-47-44-41-38-35-32-29-26-23-20-17-14-11-8-3/h84-87,92H,6-83H2,1-5H3,(H,97,98)(H,99,100)/t85-,86-,87-/m1/s1. The van der Waals surface area contributed by atoms with Crippen LogP contribution in [0.25, 0.3) is 0 Å². The molecule has 0 amide bonds. The third-order valence-electron chi connectivity index (χ3n) is 21.5. The summed E-state index contributed by atoms with van der Waals surface area (Å²) in [5, 5.41) is 10.7. The van der Waals surface area contributed by atoms with E-state index in [-0.39, 0.29) is 25.7 Å². The number of unbranched alkanes of at least 4 members (excludes halogenated alkanes) is 63. The molecule has 0 aromatic heterocycles. The van der Waals surface area contributed by atoms with Gasteiger partial charge in [-0.05, 0) is 31.6 Å². The molecule has 2 unspecified atom stereocenters. The van der Waals surface area contributed by atoms with Crippen LogP contribution >= 0.6 is 15.6 Å². The van der Waals surface area contributed by atoms with Gasteiger partial charge in [-0.3, -0.25) is 37.3 Å². The first-order valence-corrected chi connectivity index (χ1v) is 50.1. The summed E-state index contributed by atoms with van der Waals surface area (Å²) >= 11 is 0. The monoisotopic (exact) mass is 1610 g/mol. The van der Waals surface area contributed by atoms with E-state index in [1.54, 1.807) is 0 Å². The molecule has 3 N–H and O–H groups in total. The van der Waals surface area contributed by atoms with Crippen molar-refractivity contribution < 1.29 is 80.2 Å². The summed E-state index contributed by atoms with van der Waals surface area (Å²) in [6.45, 7) is 7.38. The van der Waals surface area contributed by atoms with Gasteiger partial charge in [-0.25, -0.2) is 9.13 Å². The summed E-state index contributed by atoms with van der Waals surface area (Å²) in [4.78, 5) is 73.4. The number of hydrogen-bond donors (Lipinski definition) is 3. The lowest BCUT2D eigenvalue weighted by atomic mass is 10.0. The van der Waals surface area contributed by atoms with E-state index in [0.717, 1.165) is 95.8 Å². The molecule has 0 bridgehead atoms. The van der Waals surface area contributed by atoms with E-state index >= 15 is 0 Å². The van der Waals surface area contributed by atoms with Gasteiger partial charge in [-0.2, -0.15) is 0 Å². The molecule has 5 atom stereocenters. The van der Waals surface area contributed by atoms with Crippen molar-refractivity contribution in [3.8, 4) is 0 Å². The zero-order chi connectivity index (χ0) is 80.4. The molecule has 0 heterocycles. The minimum atomic E-state index is -4.97. The molecule has 0 rings (SSSR count). The van der Waals surface area contributed by atoms with E-state index in [0.29, 0.717) is 25.7 Å². The van der Waals surface area contributed by atoms with E-state index in [2.05, 4.69) is 34.6 Å². The van der Waals surface area contributed by atoms with E-state index < -0.39 is 97.5 Å². The highest BCUT2D eigenvalue weighted by molar-refractivity contribution is 7.47. The largest absolute Gasteiger partial charge is 0.472 e. The summed E-state index contributed by atoms with van der Waals surface area (Å²) in [7, 11) is -9.94. The summed E-state index contributed by atoms with van der Waals surface area (Å²) in [5.74, 6) is -1.35. The van der Waals surface area contributed by atoms with E-state index in [1.807, 2.05) is 0 Å². The predicted octanol–water partition coefficient (Wildman–Crippen LogP) is 28.3. The summed E-state index contributed by atoms with van der Waals surface area (Å²) in [6, 6.07) is 0. The lowest BCUT2D eigenvalue weighted by Crippen LogP contribution is -2.30. The van der Waals surface area contributed by atoms with Crippen LogP contribution in [0.1, 0.15) is 497 Å². The normalized spacial score (nSPS) is 13.7. The molecule has 0 spiro atoms. The van der Waals surface area contributed by atoms with Gasteiger partial charge in [0.2, 0.25) is 0 Å².